The summed E-state index contributed by atoms with van der Waals surface area (Å²) in [6, 6.07) is 22.9. The van der Waals surface area contributed by atoms with E-state index in [1.165, 1.54) is 0 Å². The zero-order valence-corrected chi connectivity index (χ0v) is 22.9. The third-order valence-electron chi connectivity index (χ3n) is 4.66. The Hall–Kier alpha value is -2.95. The molecular formula is C26H23Br2ClN4O3. The molecule has 0 amide bonds. The average molecular weight is 635 g/mol. The zero-order chi connectivity index (χ0) is 26.2. The number of nitrogens with zero attached hydrogens (tertiary/aromatic N) is 3. The number of hydrogen-bond donors (Lipinski definition) is 2. The van der Waals surface area contributed by atoms with Gasteiger partial charge in [-0.1, -0.05) is 61.3 Å². The molecule has 36 heavy (non-hydrogen) atoms. The second-order valence-electron chi connectivity index (χ2n) is 7.15. The van der Waals surface area contributed by atoms with Crippen LogP contribution in [0.5, 0.6) is 0 Å². The van der Waals surface area contributed by atoms with Crippen LogP contribution in [0.15, 0.2) is 112 Å². The summed E-state index contributed by atoms with van der Waals surface area (Å²) in [6.45, 7) is 0. The maximum atomic E-state index is 11.8. The number of pyridine rings is 2. The van der Waals surface area contributed by atoms with Gasteiger partial charge in [0.05, 0.1) is 17.6 Å². The number of Topliss-reactive ketones (excluding diaryl/α,β-unsaturated/α-hetero) is 1. The lowest BCUT2D eigenvalue weighted by molar-refractivity contribution is 0.0992. The van der Waals surface area contributed by atoms with E-state index in [0.717, 1.165) is 25.6 Å². The van der Waals surface area contributed by atoms with E-state index < -0.39 is 0 Å². The molecule has 3 N–H and O–H groups in total. The quantitative estimate of drug-likeness (QED) is 0.108. The van der Waals surface area contributed by atoms with Crippen LogP contribution in [0.2, 0.25) is 0 Å². The number of benzene rings is 2. The molecule has 2 heterocycles. The molecule has 0 fully saturated rings. The van der Waals surface area contributed by atoms with Gasteiger partial charge < -0.3 is 5.21 Å². The maximum Gasteiger partial charge on any atom is 0.168 e. The summed E-state index contributed by atoms with van der Waals surface area (Å²) in [5, 5.41) is 12.4. The standard InChI is InChI=1S/C13H11BrN2O.C13H10BrNO.ClH2NO/c14-12-5-3-10(4-6-12)8-13(16-17)11-2-1-7-15-9-11;14-12-5-3-10(4-6-12)8-13(16)11-2-1-7-15-9-11;1-3-2/h1-7,9,17H,8H2;1-7,9H,8H2;2H2/b16-13+;;. The SMILES string of the molecule is NOCl.O/N=C(\Cc1ccc(Br)cc1)c1cccnc1.O=C(Cc1ccc(Br)cc1)c1cccnc1. The van der Waals surface area contributed by atoms with E-state index in [4.69, 9.17) is 5.21 Å². The van der Waals surface area contributed by atoms with Crippen molar-refractivity contribution < 1.29 is 14.4 Å². The van der Waals surface area contributed by atoms with Gasteiger partial charge in [0.15, 0.2) is 5.78 Å². The van der Waals surface area contributed by atoms with Gasteiger partial charge in [0.2, 0.25) is 0 Å². The van der Waals surface area contributed by atoms with Gasteiger partial charge in [-0.05, 0) is 59.7 Å². The number of aromatic nitrogens is 2. The van der Waals surface area contributed by atoms with Crippen LogP contribution in [0, 0.1) is 0 Å². The first-order valence-corrected chi connectivity index (χ1v) is 12.4. The molecule has 0 spiro atoms. The Bertz CT molecular complexity index is 1210. The van der Waals surface area contributed by atoms with Gasteiger partial charge in [-0.25, -0.2) is 0 Å². The fourth-order valence-electron chi connectivity index (χ4n) is 2.94. The van der Waals surface area contributed by atoms with Crippen molar-refractivity contribution in [2.75, 3.05) is 0 Å². The molecule has 0 saturated heterocycles. The van der Waals surface area contributed by atoms with E-state index in [9.17, 15) is 4.79 Å². The molecule has 4 aromatic rings. The third-order valence-corrected chi connectivity index (χ3v) is 5.72. The van der Waals surface area contributed by atoms with Gasteiger partial charge in [0.25, 0.3) is 0 Å². The molecular weight excluding hydrogens is 612 g/mol. The van der Waals surface area contributed by atoms with Crippen LogP contribution >= 0.6 is 43.7 Å². The minimum Gasteiger partial charge on any atom is -0.411 e. The van der Waals surface area contributed by atoms with Crippen LogP contribution < -0.4 is 5.90 Å². The highest BCUT2D eigenvalue weighted by Crippen LogP contribution is 2.14. The fraction of sp³-hybridized carbons (Fsp3) is 0.0769. The molecule has 0 atom stereocenters. The molecule has 0 aliphatic heterocycles. The Labute approximate surface area is 231 Å². The van der Waals surface area contributed by atoms with Crippen molar-refractivity contribution in [3.8, 4) is 0 Å². The van der Waals surface area contributed by atoms with Crippen LogP contribution in [-0.4, -0.2) is 26.7 Å². The molecule has 186 valence electrons. The van der Waals surface area contributed by atoms with Crippen molar-refractivity contribution in [3.05, 3.63) is 129 Å². The lowest BCUT2D eigenvalue weighted by atomic mass is 10.0. The summed E-state index contributed by atoms with van der Waals surface area (Å²) in [7, 11) is 0. The van der Waals surface area contributed by atoms with Gasteiger partial charge in [-0.2, -0.15) is 10.3 Å². The number of rotatable bonds is 6. The van der Waals surface area contributed by atoms with E-state index in [1.807, 2.05) is 60.7 Å². The smallest absolute Gasteiger partial charge is 0.168 e. The first kappa shape index (κ1) is 29.3. The van der Waals surface area contributed by atoms with E-state index in [-0.39, 0.29) is 5.78 Å². The fourth-order valence-corrected chi connectivity index (χ4v) is 3.47. The number of oxime groups is 1. The minimum atomic E-state index is 0.0930. The molecule has 0 bridgehead atoms. The molecule has 2 aromatic carbocycles. The van der Waals surface area contributed by atoms with Gasteiger partial charge in [-0.15, -0.1) is 0 Å². The van der Waals surface area contributed by atoms with Crippen molar-refractivity contribution >= 4 is 55.2 Å². The second-order valence-corrected chi connectivity index (χ2v) is 9.16. The lowest BCUT2D eigenvalue weighted by Crippen LogP contribution is -2.05. The number of carbonyl (C=O) groups is 1. The Morgan fingerprint density at radius 2 is 1.28 bits per heavy atom. The lowest BCUT2D eigenvalue weighted by Gasteiger charge is -2.04. The normalized spacial score (nSPS) is 10.4. The van der Waals surface area contributed by atoms with Gasteiger partial charge in [0, 0.05) is 57.7 Å². The highest BCUT2D eigenvalue weighted by Gasteiger charge is 2.07. The number of ketones is 1. The Kier molecular flexibility index (Phi) is 13.6. The van der Waals surface area contributed by atoms with Crippen molar-refractivity contribution in [3.63, 3.8) is 0 Å². The first-order chi connectivity index (χ1) is 17.5. The maximum absolute atomic E-state index is 11.8. The molecule has 0 unspecified atom stereocenters. The molecule has 0 saturated carbocycles. The van der Waals surface area contributed by atoms with Crippen LogP contribution in [0.3, 0.4) is 0 Å². The summed E-state index contributed by atoms with van der Waals surface area (Å²) < 4.78 is 5.27. The minimum absolute atomic E-state index is 0.0930. The van der Waals surface area contributed by atoms with Crippen molar-refractivity contribution in [1.82, 2.24) is 9.97 Å². The van der Waals surface area contributed by atoms with E-state index in [1.54, 1.807) is 36.9 Å². The number of nitrogens with two attached hydrogens (primary N) is 1. The molecule has 0 radical (unpaired) electrons. The van der Waals surface area contributed by atoms with Crippen LogP contribution in [0.25, 0.3) is 0 Å². The van der Waals surface area contributed by atoms with Crippen molar-refractivity contribution in [2.45, 2.75) is 12.8 Å². The largest absolute Gasteiger partial charge is 0.411 e. The Balaban J connectivity index is 0.000000229. The van der Waals surface area contributed by atoms with E-state index in [2.05, 4.69) is 69.1 Å². The summed E-state index contributed by atoms with van der Waals surface area (Å²) in [5.74, 6) is 4.21. The van der Waals surface area contributed by atoms with Crippen LogP contribution in [-0.2, 0) is 17.2 Å². The molecule has 0 aliphatic rings. The predicted octanol–water partition coefficient (Wildman–Crippen LogP) is 6.57. The zero-order valence-electron chi connectivity index (χ0n) is 19.0. The Morgan fingerprint density at radius 3 is 1.69 bits per heavy atom. The first-order valence-electron chi connectivity index (χ1n) is 10.5. The summed E-state index contributed by atoms with van der Waals surface area (Å²) in [6.07, 6.45) is 7.64. The highest BCUT2D eigenvalue weighted by molar-refractivity contribution is 9.10. The molecule has 7 nitrogen and oxygen atoms in total. The van der Waals surface area contributed by atoms with Gasteiger partial charge >= 0.3 is 0 Å². The third kappa shape index (κ3) is 10.8. The van der Waals surface area contributed by atoms with Crippen LogP contribution in [0.1, 0.15) is 27.0 Å². The Morgan fingerprint density at radius 1 is 0.833 bits per heavy atom. The number of hydrogen-bond acceptors (Lipinski definition) is 7. The molecule has 0 aliphatic carbocycles. The summed E-state index contributed by atoms with van der Waals surface area (Å²) in [5.41, 5.74) is 4.20. The van der Waals surface area contributed by atoms with Gasteiger partial charge in [0.1, 0.15) is 0 Å². The summed E-state index contributed by atoms with van der Waals surface area (Å²) in [4.78, 5) is 19.8. The van der Waals surface area contributed by atoms with Crippen molar-refractivity contribution in [2.24, 2.45) is 11.1 Å². The van der Waals surface area contributed by atoms with Crippen LogP contribution in [0.4, 0.5) is 0 Å². The monoisotopic (exact) mass is 632 g/mol. The van der Waals surface area contributed by atoms with E-state index >= 15 is 0 Å². The topological polar surface area (TPSA) is 111 Å². The van der Waals surface area contributed by atoms with Gasteiger partial charge in [-0.3, -0.25) is 14.8 Å². The highest BCUT2D eigenvalue weighted by atomic mass is 79.9. The van der Waals surface area contributed by atoms with E-state index in [0.29, 0.717) is 24.1 Å². The number of halogens is 3. The molecule has 2 aromatic heterocycles. The summed E-state index contributed by atoms with van der Waals surface area (Å²) >= 11 is 11.0. The average Bonchev–Trinajstić information content (AvgIpc) is 2.91. The van der Waals surface area contributed by atoms with Crippen molar-refractivity contribution in [1.29, 1.82) is 0 Å². The predicted molar refractivity (Wildman–Crippen MR) is 148 cm³/mol. The molecule has 10 heteroatoms. The second kappa shape index (κ2) is 16.7. The number of carbonyl (C=O) groups excluding carboxylic acids is 1. The molecule has 4 rings (SSSR count).